The van der Waals surface area contributed by atoms with Gasteiger partial charge >= 0.3 is 0 Å². The molecule has 2 saturated carbocycles. The largest absolute Gasteiger partial charge is 0.387 e. The zero-order valence-corrected chi connectivity index (χ0v) is 15.3. The summed E-state index contributed by atoms with van der Waals surface area (Å²) in [6.07, 6.45) is 4.70. The maximum absolute atomic E-state index is 10.6. The molecule has 0 amide bonds. The Kier molecular flexibility index (Phi) is 5.59. The lowest BCUT2D eigenvalue weighted by Gasteiger charge is -2.34. The van der Waals surface area contributed by atoms with E-state index in [1.807, 2.05) is 0 Å². The topological polar surface area (TPSA) is 97.6 Å². The molecule has 4 unspecified atom stereocenters. The molecule has 7 nitrogen and oxygen atoms in total. The van der Waals surface area contributed by atoms with E-state index >= 15 is 0 Å². The van der Waals surface area contributed by atoms with Gasteiger partial charge in [0.2, 0.25) is 0 Å². The highest BCUT2D eigenvalue weighted by atomic mass is 16.8. The Morgan fingerprint density at radius 2 is 1.00 bits per heavy atom. The zero-order valence-electron chi connectivity index (χ0n) is 15.3. The van der Waals surface area contributed by atoms with Crippen LogP contribution in [0.5, 0.6) is 0 Å². The number of aliphatic hydroxyl groups excluding tert-OH is 3. The van der Waals surface area contributed by atoms with Crippen LogP contribution in [-0.2, 0) is 18.9 Å². The van der Waals surface area contributed by atoms with Gasteiger partial charge < -0.3 is 34.3 Å². The van der Waals surface area contributed by atoms with Crippen molar-refractivity contribution in [3.05, 3.63) is 0 Å². The molecule has 2 saturated heterocycles. The summed E-state index contributed by atoms with van der Waals surface area (Å²) in [4.78, 5) is 0. The Balaban J connectivity index is 1.32. The molecule has 7 heteroatoms. The van der Waals surface area contributed by atoms with Crippen molar-refractivity contribution in [2.75, 3.05) is 13.2 Å². The van der Waals surface area contributed by atoms with Crippen molar-refractivity contribution in [1.82, 2.24) is 0 Å². The average Bonchev–Trinajstić information content (AvgIpc) is 3.26. The van der Waals surface area contributed by atoms with Crippen molar-refractivity contribution < 1.29 is 34.3 Å². The Morgan fingerprint density at radius 3 is 1.38 bits per heavy atom. The maximum Gasteiger partial charge on any atom is 0.169 e. The van der Waals surface area contributed by atoms with E-state index in [2.05, 4.69) is 0 Å². The van der Waals surface area contributed by atoms with Crippen LogP contribution in [0.1, 0.15) is 64.2 Å². The fourth-order valence-electron chi connectivity index (χ4n) is 4.84. The van der Waals surface area contributed by atoms with E-state index in [-0.39, 0.29) is 13.2 Å². The average molecular weight is 372 g/mol. The first-order chi connectivity index (χ1) is 12.5. The summed E-state index contributed by atoms with van der Waals surface area (Å²) in [5.41, 5.74) is 0. The molecule has 4 rings (SSSR count). The molecule has 4 atom stereocenters. The summed E-state index contributed by atoms with van der Waals surface area (Å²) in [5, 5.41) is 31.6. The molecule has 2 heterocycles. The predicted octanol–water partition coefficient (Wildman–Crippen LogP) is 1.22. The fraction of sp³-hybridized carbons (Fsp3) is 1.00. The normalized spacial score (nSPS) is 37.0. The van der Waals surface area contributed by atoms with E-state index in [0.29, 0.717) is 0 Å². The Hall–Kier alpha value is -0.280. The van der Waals surface area contributed by atoms with Crippen molar-refractivity contribution in [1.29, 1.82) is 0 Å². The van der Waals surface area contributed by atoms with Gasteiger partial charge in [-0.05, 0) is 25.7 Å². The number of hydrogen-bond donors (Lipinski definition) is 3. The summed E-state index contributed by atoms with van der Waals surface area (Å²) in [6.45, 7) is 0.466. The van der Waals surface area contributed by atoms with Gasteiger partial charge in [-0.15, -0.1) is 0 Å². The highest BCUT2D eigenvalue weighted by Crippen LogP contribution is 2.41. The summed E-state index contributed by atoms with van der Waals surface area (Å²) in [7, 11) is 0. The minimum Gasteiger partial charge on any atom is -0.387 e. The number of ether oxygens (including phenoxy) is 4. The molecule has 0 aromatic heterocycles. The molecule has 0 aromatic carbocycles. The van der Waals surface area contributed by atoms with Crippen molar-refractivity contribution in [3.63, 3.8) is 0 Å². The molecule has 4 fully saturated rings. The highest BCUT2D eigenvalue weighted by Gasteiger charge is 2.50. The molecule has 2 aliphatic heterocycles. The first kappa shape index (κ1) is 19.1. The Bertz CT molecular complexity index is 431. The van der Waals surface area contributed by atoms with E-state index in [1.54, 1.807) is 0 Å². The third kappa shape index (κ3) is 3.68. The third-order valence-electron chi connectivity index (χ3n) is 6.45. The monoisotopic (exact) mass is 372 g/mol. The second-order valence-corrected chi connectivity index (χ2v) is 8.35. The summed E-state index contributed by atoms with van der Waals surface area (Å²) in [5.74, 6) is -1.23. The minimum atomic E-state index is -1.37. The van der Waals surface area contributed by atoms with Crippen molar-refractivity contribution in [2.45, 2.75) is 106 Å². The molecular weight excluding hydrogens is 340 g/mol. The summed E-state index contributed by atoms with van der Waals surface area (Å²) >= 11 is 0. The van der Waals surface area contributed by atoms with Gasteiger partial charge in [0.05, 0.1) is 13.2 Å². The standard InChI is InChI=1S/C19H32O7/c20-15(13-11-23-18(25-13)7-3-1-4-8-18)17(22)16(21)14-12-24-19(26-14)9-5-2-6-10-19/h13-17,20-22H,1-12H2. The minimum absolute atomic E-state index is 0.233. The SMILES string of the molecule is OC(C1COC2(CCCCC2)O1)C(O)C(O)C1COC2(CCCCC2)O1. The molecule has 26 heavy (non-hydrogen) atoms. The van der Waals surface area contributed by atoms with Crippen LogP contribution in [0.2, 0.25) is 0 Å². The molecule has 0 radical (unpaired) electrons. The van der Waals surface area contributed by atoms with Gasteiger partial charge in [-0.3, -0.25) is 0 Å². The molecule has 2 spiro atoms. The van der Waals surface area contributed by atoms with Gasteiger partial charge in [0.25, 0.3) is 0 Å². The lowest BCUT2D eigenvalue weighted by atomic mass is 9.94. The highest BCUT2D eigenvalue weighted by molar-refractivity contribution is 4.94. The quantitative estimate of drug-likeness (QED) is 0.683. The molecule has 4 aliphatic rings. The first-order valence-electron chi connectivity index (χ1n) is 10.2. The van der Waals surface area contributed by atoms with Crippen molar-refractivity contribution >= 4 is 0 Å². The van der Waals surface area contributed by atoms with Crippen LogP contribution in [0.3, 0.4) is 0 Å². The molecular formula is C19H32O7. The van der Waals surface area contributed by atoms with E-state index in [4.69, 9.17) is 18.9 Å². The molecule has 3 N–H and O–H groups in total. The van der Waals surface area contributed by atoms with Crippen LogP contribution in [0.25, 0.3) is 0 Å². The van der Waals surface area contributed by atoms with Gasteiger partial charge in [0, 0.05) is 25.7 Å². The molecule has 0 bridgehead atoms. The Labute approximate surface area is 154 Å². The molecule has 150 valence electrons. The number of rotatable bonds is 4. The molecule has 0 aromatic rings. The van der Waals surface area contributed by atoms with Crippen LogP contribution >= 0.6 is 0 Å². The zero-order chi connectivity index (χ0) is 18.2. The maximum atomic E-state index is 10.6. The van der Waals surface area contributed by atoms with Crippen LogP contribution in [0, 0.1) is 0 Å². The lowest BCUT2D eigenvalue weighted by Crippen LogP contribution is -2.51. The van der Waals surface area contributed by atoms with Gasteiger partial charge in [-0.1, -0.05) is 12.8 Å². The van der Waals surface area contributed by atoms with Gasteiger partial charge in [-0.2, -0.15) is 0 Å². The van der Waals surface area contributed by atoms with E-state index in [1.165, 1.54) is 12.8 Å². The Morgan fingerprint density at radius 1 is 0.615 bits per heavy atom. The summed E-state index contributed by atoms with van der Waals surface area (Å²) < 4.78 is 23.6. The van der Waals surface area contributed by atoms with Crippen LogP contribution in [-0.4, -0.2) is 70.6 Å². The van der Waals surface area contributed by atoms with Gasteiger partial charge in [0.15, 0.2) is 11.6 Å². The van der Waals surface area contributed by atoms with Crippen molar-refractivity contribution in [3.8, 4) is 0 Å². The predicted molar refractivity (Wildman–Crippen MR) is 91.3 cm³/mol. The second-order valence-electron chi connectivity index (χ2n) is 8.35. The van der Waals surface area contributed by atoms with Crippen LogP contribution in [0.15, 0.2) is 0 Å². The number of hydrogen-bond acceptors (Lipinski definition) is 7. The van der Waals surface area contributed by atoms with Gasteiger partial charge in [0.1, 0.15) is 30.5 Å². The van der Waals surface area contributed by atoms with E-state index < -0.39 is 42.1 Å². The van der Waals surface area contributed by atoms with E-state index in [0.717, 1.165) is 51.4 Å². The smallest absolute Gasteiger partial charge is 0.169 e. The lowest BCUT2D eigenvalue weighted by molar-refractivity contribution is -0.217. The van der Waals surface area contributed by atoms with Crippen LogP contribution < -0.4 is 0 Å². The molecule has 2 aliphatic carbocycles. The van der Waals surface area contributed by atoms with Crippen LogP contribution in [0.4, 0.5) is 0 Å². The third-order valence-corrected chi connectivity index (χ3v) is 6.45. The summed E-state index contributed by atoms with van der Waals surface area (Å²) in [6, 6.07) is 0. The first-order valence-corrected chi connectivity index (χ1v) is 10.2. The van der Waals surface area contributed by atoms with E-state index in [9.17, 15) is 15.3 Å². The second kappa shape index (κ2) is 7.62. The number of aliphatic hydroxyl groups is 3. The van der Waals surface area contributed by atoms with Crippen molar-refractivity contribution in [2.24, 2.45) is 0 Å². The fourth-order valence-corrected chi connectivity index (χ4v) is 4.84. The van der Waals surface area contributed by atoms with Gasteiger partial charge in [-0.25, -0.2) is 0 Å².